The number of hydrogen-bond donors (Lipinski definition) is 2. The SMILES string of the molecule is N#Cc1cc(F)cc(CNCc2cccc(CO)c2)c1. The van der Waals surface area contributed by atoms with Crippen molar-refractivity contribution in [3.05, 3.63) is 70.5 Å². The maximum atomic E-state index is 13.3. The van der Waals surface area contributed by atoms with Crippen LogP contribution >= 0.6 is 0 Å². The van der Waals surface area contributed by atoms with E-state index in [0.29, 0.717) is 18.7 Å². The zero-order chi connectivity index (χ0) is 14.4. The predicted molar refractivity (Wildman–Crippen MR) is 74.0 cm³/mol. The number of nitrogens with zero attached hydrogens (tertiary/aromatic N) is 1. The van der Waals surface area contributed by atoms with Crippen molar-refractivity contribution in [1.29, 1.82) is 5.26 Å². The van der Waals surface area contributed by atoms with Crippen LogP contribution in [-0.2, 0) is 19.7 Å². The highest BCUT2D eigenvalue weighted by molar-refractivity contribution is 5.33. The van der Waals surface area contributed by atoms with Gasteiger partial charge in [0.1, 0.15) is 5.82 Å². The summed E-state index contributed by atoms with van der Waals surface area (Å²) in [6.07, 6.45) is 0. The molecule has 0 aromatic heterocycles. The number of halogens is 1. The summed E-state index contributed by atoms with van der Waals surface area (Å²) in [5, 5.41) is 21.0. The van der Waals surface area contributed by atoms with Gasteiger partial charge in [-0.25, -0.2) is 4.39 Å². The summed E-state index contributed by atoms with van der Waals surface area (Å²) in [7, 11) is 0. The molecule has 0 fully saturated rings. The van der Waals surface area contributed by atoms with Crippen LogP contribution in [0.1, 0.15) is 22.3 Å². The van der Waals surface area contributed by atoms with Crippen LogP contribution in [0.25, 0.3) is 0 Å². The monoisotopic (exact) mass is 270 g/mol. The van der Waals surface area contributed by atoms with E-state index in [1.165, 1.54) is 12.1 Å². The summed E-state index contributed by atoms with van der Waals surface area (Å²) in [5.41, 5.74) is 2.97. The van der Waals surface area contributed by atoms with Gasteiger partial charge in [0.2, 0.25) is 0 Å². The Morgan fingerprint density at radius 2 is 1.80 bits per heavy atom. The second kappa shape index (κ2) is 6.80. The molecule has 0 bridgehead atoms. The molecular formula is C16H15FN2O. The van der Waals surface area contributed by atoms with E-state index in [2.05, 4.69) is 5.32 Å². The Hall–Kier alpha value is -2.22. The number of nitriles is 1. The molecule has 0 saturated heterocycles. The van der Waals surface area contributed by atoms with E-state index in [9.17, 15) is 4.39 Å². The summed E-state index contributed by atoms with van der Waals surface area (Å²) >= 11 is 0. The van der Waals surface area contributed by atoms with Crippen LogP contribution in [0.5, 0.6) is 0 Å². The van der Waals surface area contributed by atoms with Gasteiger partial charge in [-0.05, 0) is 34.9 Å². The first-order valence-electron chi connectivity index (χ1n) is 6.30. The number of rotatable bonds is 5. The van der Waals surface area contributed by atoms with Gasteiger partial charge in [-0.1, -0.05) is 24.3 Å². The van der Waals surface area contributed by atoms with Crippen molar-refractivity contribution in [2.24, 2.45) is 0 Å². The molecule has 0 aliphatic heterocycles. The predicted octanol–water partition coefficient (Wildman–Crippen LogP) is 2.48. The Labute approximate surface area is 117 Å². The second-order valence-corrected chi connectivity index (χ2v) is 4.54. The van der Waals surface area contributed by atoms with E-state index in [-0.39, 0.29) is 6.61 Å². The molecule has 2 aromatic rings. The maximum Gasteiger partial charge on any atom is 0.124 e. The fourth-order valence-corrected chi connectivity index (χ4v) is 2.01. The lowest BCUT2D eigenvalue weighted by Crippen LogP contribution is -2.13. The highest BCUT2D eigenvalue weighted by Crippen LogP contribution is 2.09. The minimum Gasteiger partial charge on any atom is -0.392 e. The number of aliphatic hydroxyl groups is 1. The van der Waals surface area contributed by atoms with Crippen LogP contribution < -0.4 is 5.32 Å². The molecule has 0 aliphatic rings. The molecule has 0 unspecified atom stereocenters. The van der Waals surface area contributed by atoms with Crippen molar-refractivity contribution < 1.29 is 9.50 Å². The van der Waals surface area contributed by atoms with Gasteiger partial charge in [0.05, 0.1) is 18.2 Å². The zero-order valence-electron chi connectivity index (χ0n) is 10.9. The molecule has 0 radical (unpaired) electrons. The number of nitrogens with one attached hydrogen (secondary N) is 1. The third-order valence-corrected chi connectivity index (χ3v) is 2.92. The topological polar surface area (TPSA) is 56.0 Å². The summed E-state index contributed by atoms with van der Waals surface area (Å²) in [6, 6.07) is 13.9. The van der Waals surface area contributed by atoms with Gasteiger partial charge in [0, 0.05) is 13.1 Å². The number of benzene rings is 2. The smallest absolute Gasteiger partial charge is 0.124 e. The lowest BCUT2D eigenvalue weighted by Gasteiger charge is -2.07. The van der Waals surface area contributed by atoms with E-state index in [1.54, 1.807) is 6.07 Å². The molecule has 0 aliphatic carbocycles. The normalized spacial score (nSPS) is 10.2. The van der Waals surface area contributed by atoms with Gasteiger partial charge in [0.15, 0.2) is 0 Å². The molecule has 3 nitrogen and oxygen atoms in total. The standard InChI is InChI=1S/C16H15FN2O/c17-16-6-14(8-18)5-15(7-16)10-19-9-12-2-1-3-13(4-12)11-20/h1-7,19-20H,9-11H2. The van der Waals surface area contributed by atoms with Crippen LogP contribution in [0.3, 0.4) is 0 Å². The summed E-state index contributed by atoms with van der Waals surface area (Å²) in [6.45, 7) is 1.12. The lowest BCUT2D eigenvalue weighted by molar-refractivity contribution is 0.281. The van der Waals surface area contributed by atoms with E-state index >= 15 is 0 Å². The first-order chi connectivity index (χ1) is 9.71. The highest BCUT2D eigenvalue weighted by atomic mass is 19.1. The third-order valence-electron chi connectivity index (χ3n) is 2.92. The van der Waals surface area contributed by atoms with Crippen LogP contribution in [0.4, 0.5) is 4.39 Å². The van der Waals surface area contributed by atoms with Gasteiger partial charge in [0.25, 0.3) is 0 Å². The van der Waals surface area contributed by atoms with Crippen LogP contribution in [0, 0.1) is 17.1 Å². The van der Waals surface area contributed by atoms with Crippen molar-refractivity contribution >= 4 is 0 Å². The fraction of sp³-hybridized carbons (Fsp3) is 0.188. The Morgan fingerprint density at radius 3 is 2.55 bits per heavy atom. The molecule has 2 N–H and O–H groups in total. The Bertz CT molecular complexity index is 635. The van der Waals surface area contributed by atoms with E-state index in [0.717, 1.165) is 16.7 Å². The molecule has 0 heterocycles. The van der Waals surface area contributed by atoms with E-state index in [1.807, 2.05) is 30.3 Å². The molecule has 20 heavy (non-hydrogen) atoms. The first kappa shape index (κ1) is 14.2. The largest absolute Gasteiger partial charge is 0.392 e. The molecular weight excluding hydrogens is 255 g/mol. The highest BCUT2D eigenvalue weighted by Gasteiger charge is 2.01. The van der Waals surface area contributed by atoms with Gasteiger partial charge in [-0.3, -0.25) is 0 Å². The van der Waals surface area contributed by atoms with Crippen molar-refractivity contribution in [2.45, 2.75) is 19.7 Å². The van der Waals surface area contributed by atoms with Crippen molar-refractivity contribution in [1.82, 2.24) is 5.32 Å². The number of hydrogen-bond acceptors (Lipinski definition) is 3. The molecule has 4 heteroatoms. The maximum absolute atomic E-state index is 13.3. The molecule has 102 valence electrons. The van der Waals surface area contributed by atoms with Crippen molar-refractivity contribution in [2.75, 3.05) is 0 Å². The van der Waals surface area contributed by atoms with Gasteiger partial charge in [-0.15, -0.1) is 0 Å². The van der Waals surface area contributed by atoms with Crippen LogP contribution in [-0.4, -0.2) is 5.11 Å². The van der Waals surface area contributed by atoms with E-state index in [4.69, 9.17) is 10.4 Å². The molecule has 0 spiro atoms. The molecule has 0 saturated carbocycles. The first-order valence-corrected chi connectivity index (χ1v) is 6.30. The Balaban J connectivity index is 1.96. The van der Waals surface area contributed by atoms with E-state index < -0.39 is 5.82 Å². The fourth-order valence-electron chi connectivity index (χ4n) is 2.01. The molecule has 2 rings (SSSR count). The van der Waals surface area contributed by atoms with Gasteiger partial charge < -0.3 is 10.4 Å². The average Bonchev–Trinajstić information content (AvgIpc) is 2.47. The van der Waals surface area contributed by atoms with Crippen molar-refractivity contribution in [3.8, 4) is 6.07 Å². The average molecular weight is 270 g/mol. The number of aliphatic hydroxyl groups excluding tert-OH is 1. The Morgan fingerprint density at radius 1 is 1.05 bits per heavy atom. The second-order valence-electron chi connectivity index (χ2n) is 4.54. The quantitative estimate of drug-likeness (QED) is 0.877. The molecule has 0 amide bonds. The zero-order valence-corrected chi connectivity index (χ0v) is 10.9. The van der Waals surface area contributed by atoms with Crippen LogP contribution in [0.2, 0.25) is 0 Å². The minimum atomic E-state index is -0.400. The minimum absolute atomic E-state index is 0.0171. The summed E-state index contributed by atoms with van der Waals surface area (Å²) in [4.78, 5) is 0. The van der Waals surface area contributed by atoms with Crippen molar-refractivity contribution in [3.63, 3.8) is 0 Å². The third kappa shape index (κ3) is 3.89. The lowest BCUT2D eigenvalue weighted by atomic mass is 10.1. The Kier molecular flexibility index (Phi) is 4.83. The molecule has 2 aromatic carbocycles. The van der Waals surface area contributed by atoms with Gasteiger partial charge in [-0.2, -0.15) is 5.26 Å². The van der Waals surface area contributed by atoms with Crippen LogP contribution in [0.15, 0.2) is 42.5 Å². The summed E-state index contributed by atoms with van der Waals surface area (Å²) in [5.74, 6) is -0.400. The van der Waals surface area contributed by atoms with Gasteiger partial charge >= 0.3 is 0 Å². The molecule has 0 atom stereocenters. The summed E-state index contributed by atoms with van der Waals surface area (Å²) < 4.78 is 13.3.